The van der Waals surface area contributed by atoms with E-state index in [9.17, 15) is 0 Å². The van der Waals surface area contributed by atoms with Crippen LogP contribution in [0, 0.1) is 0 Å². The van der Waals surface area contributed by atoms with Gasteiger partial charge in [-0.25, -0.2) is 4.98 Å². The lowest BCUT2D eigenvalue weighted by molar-refractivity contribution is 0.615. The summed E-state index contributed by atoms with van der Waals surface area (Å²) in [6.07, 6.45) is 1.90. The van der Waals surface area contributed by atoms with Crippen molar-refractivity contribution < 1.29 is 4.42 Å². The Morgan fingerprint density at radius 2 is 1.00 bits per heavy atom. The normalized spacial score (nSPS) is 11.6. The van der Waals surface area contributed by atoms with Gasteiger partial charge in [0.25, 0.3) is 0 Å². The number of nitrogens with zero attached hydrogens (tertiary/aromatic N) is 2. The molecule has 0 aliphatic carbocycles. The first kappa shape index (κ1) is 29.9. The number of hydrogen-bond acceptors (Lipinski definition) is 2. The summed E-state index contributed by atoms with van der Waals surface area (Å²) < 4.78 is 8.71. The van der Waals surface area contributed by atoms with Crippen LogP contribution in [0.15, 0.2) is 162 Å². The van der Waals surface area contributed by atoms with Crippen molar-refractivity contribution in [3.8, 4) is 50.5 Å². The van der Waals surface area contributed by atoms with Crippen LogP contribution in [-0.4, -0.2) is 9.55 Å². The predicted molar refractivity (Wildman–Crippen MR) is 209 cm³/mol. The van der Waals surface area contributed by atoms with E-state index < -0.39 is 0 Å². The molecule has 0 radical (unpaired) electrons. The Morgan fingerprint density at radius 1 is 0.500 bits per heavy atom. The quantitative estimate of drug-likeness (QED) is 0.173. The fourth-order valence-corrected chi connectivity index (χ4v) is 7.48. The number of aromatic nitrogens is 2. The monoisotopic (exact) mass is 644 g/mol. The highest BCUT2D eigenvalue weighted by Crippen LogP contribution is 2.40. The fraction of sp³-hybridized carbons (Fsp3) is 0.0851. The molecule has 240 valence electrons. The minimum Gasteiger partial charge on any atom is -0.436 e. The molecule has 0 aliphatic rings. The van der Waals surface area contributed by atoms with Gasteiger partial charge in [0.1, 0.15) is 5.52 Å². The molecule has 2 aromatic heterocycles. The van der Waals surface area contributed by atoms with E-state index >= 15 is 0 Å². The highest BCUT2D eigenvalue weighted by molar-refractivity contribution is 6.09. The molecule has 9 rings (SSSR count). The van der Waals surface area contributed by atoms with Gasteiger partial charge in [0.15, 0.2) is 5.58 Å². The number of oxazole rings is 1. The van der Waals surface area contributed by atoms with Gasteiger partial charge in [-0.15, -0.1) is 0 Å². The summed E-state index contributed by atoms with van der Waals surface area (Å²) in [5.41, 5.74) is 16.0. The minimum atomic E-state index is 0.664. The Morgan fingerprint density at radius 3 is 1.56 bits per heavy atom. The molecule has 3 heteroatoms. The van der Waals surface area contributed by atoms with Crippen molar-refractivity contribution in [2.45, 2.75) is 26.7 Å². The van der Waals surface area contributed by atoms with Gasteiger partial charge in [-0.2, -0.15) is 0 Å². The van der Waals surface area contributed by atoms with Crippen LogP contribution in [0.4, 0.5) is 0 Å². The lowest BCUT2D eigenvalue weighted by Crippen LogP contribution is -1.94. The molecule has 2 heterocycles. The molecule has 0 fully saturated rings. The van der Waals surface area contributed by atoms with E-state index in [1.54, 1.807) is 0 Å². The first-order chi connectivity index (χ1) is 24.7. The maximum atomic E-state index is 6.34. The topological polar surface area (TPSA) is 31.0 Å². The third-order valence-electron chi connectivity index (χ3n) is 10.0. The molecule has 0 aliphatic heterocycles. The Hall–Kier alpha value is -6.19. The average Bonchev–Trinajstić information content (AvgIpc) is 3.77. The lowest BCUT2D eigenvalue weighted by atomic mass is 9.89. The van der Waals surface area contributed by atoms with Gasteiger partial charge in [-0.1, -0.05) is 129 Å². The Kier molecular flexibility index (Phi) is 7.39. The molecule has 0 atom stereocenters. The number of aryl methyl sites for hydroxylation is 2. The third kappa shape index (κ3) is 5.02. The molecule has 0 bridgehead atoms. The van der Waals surface area contributed by atoms with E-state index in [1.807, 2.05) is 0 Å². The van der Waals surface area contributed by atoms with Crippen LogP contribution in [0.2, 0.25) is 0 Å². The Balaban J connectivity index is 1.07. The third-order valence-corrected chi connectivity index (χ3v) is 10.0. The van der Waals surface area contributed by atoms with Crippen molar-refractivity contribution >= 4 is 32.9 Å². The van der Waals surface area contributed by atoms with Crippen LogP contribution in [0.1, 0.15) is 25.0 Å². The minimum absolute atomic E-state index is 0.664. The standard InChI is InChI=1S/C47H36N2O/c1-3-31-29-32(4-2)46-43(30-31)48-47(50-46)35-23-21-33(22-24-35)37-13-5-7-15-39(37)40-16-8-6-14-38(40)34-25-27-36(28-26-34)49-44-19-11-9-17-41(44)42-18-10-12-20-45(42)49/h5-30H,3-4H2,1-2H3. The molecule has 0 amide bonds. The Bertz CT molecular complexity index is 2600. The molecule has 0 spiro atoms. The highest BCUT2D eigenvalue weighted by atomic mass is 16.3. The second-order valence-corrected chi connectivity index (χ2v) is 12.9. The molecular weight excluding hydrogens is 609 g/mol. The molecule has 0 unspecified atom stereocenters. The van der Waals surface area contributed by atoms with Crippen LogP contribution in [0.3, 0.4) is 0 Å². The Labute approximate surface area is 292 Å². The first-order valence-corrected chi connectivity index (χ1v) is 17.5. The number of benzene rings is 7. The summed E-state index contributed by atoms with van der Waals surface area (Å²) in [6, 6.07) is 56.7. The summed E-state index contributed by atoms with van der Waals surface area (Å²) in [5.74, 6) is 0.664. The van der Waals surface area contributed by atoms with Gasteiger partial charge in [-0.3, -0.25) is 0 Å². The molecular formula is C47H36N2O. The average molecular weight is 645 g/mol. The van der Waals surface area contributed by atoms with E-state index in [4.69, 9.17) is 9.40 Å². The van der Waals surface area contributed by atoms with Gasteiger partial charge in [0.05, 0.1) is 11.0 Å². The first-order valence-electron chi connectivity index (χ1n) is 17.5. The van der Waals surface area contributed by atoms with Crippen LogP contribution >= 0.6 is 0 Å². The van der Waals surface area contributed by atoms with Crippen molar-refractivity contribution in [3.05, 3.63) is 169 Å². The van der Waals surface area contributed by atoms with Crippen molar-refractivity contribution in [1.82, 2.24) is 9.55 Å². The molecule has 50 heavy (non-hydrogen) atoms. The van der Waals surface area contributed by atoms with Gasteiger partial charge < -0.3 is 8.98 Å². The lowest BCUT2D eigenvalue weighted by Gasteiger charge is -2.15. The maximum absolute atomic E-state index is 6.34. The molecule has 0 N–H and O–H groups in total. The number of hydrogen-bond donors (Lipinski definition) is 0. The van der Waals surface area contributed by atoms with Crippen molar-refractivity contribution in [1.29, 1.82) is 0 Å². The van der Waals surface area contributed by atoms with Crippen LogP contribution in [-0.2, 0) is 12.8 Å². The summed E-state index contributed by atoms with van der Waals surface area (Å²) in [6.45, 7) is 4.35. The largest absolute Gasteiger partial charge is 0.436 e. The maximum Gasteiger partial charge on any atom is 0.227 e. The molecule has 9 aromatic rings. The van der Waals surface area contributed by atoms with Crippen molar-refractivity contribution in [2.24, 2.45) is 0 Å². The number of rotatable bonds is 7. The van der Waals surface area contributed by atoms with Gasteiger partial charge in [0.2, 0.25) is 5.89 Å². The SMILES string of the molecule is CCc1cc(CC)c2oc(-c3ccc(-c4ccccc4-c4ccccc4-c4ccc(-n5c6ccccc6c6ccccc65)cc4)cc3)nc2c1. The van der Waals surface area contributed by atoms with Gasteiger partial charge in [-0.05, 0) is 99.8 Å². The van der Waals surface area contributed by atoms with E-state index in [0.717, 1.165) is 40.8 Å². The zero-order chi connectivity index (χ0) is 33.6. The van der Waals surface area contributed by atoms with Gasteiger partial charge in [0, 0.05) is 22.0 Å². The highest BCUT2D eigenvalue weighted by Gasteiger charge is 2.16. The van der Waals surface area contributed by atoms with E-state index in [1.165, 1.54) is 60.8 Å². The van der Waals surface area contributed by atoms with Crippen LogP contribution in [0.25, 0.3) is 83.4 Å². The number of fused-ring (bicyclic) bond motifs is 4. The summed E-state index contributed by atoms with van der Waals surface area (Å²) in [4.78, 5) is 4.90. The summed E-state index contributed by atoms with van der Waals surface area (Å²) in [5, 5.41) is 2.54. The molecule has 0 saturated heterocycles. The molecule has 3 nitrogen and oxygen atoms in total. The van der Waals surface area contributed by atoms with Crippen LogP contribution in [0.5, 0.6) is 0 Å². The number of para-hydroxylation sites is 2. The zero-order valence-corrected chi connectivity index (χ0v) is 28.2. The fourth-order valence-electron chi connectivity index (χ4n) is 7.48. The van der Waals surface area contributed by atoms with E-state index in [-0.39, 0.29) is 0 Å². The van der Waals surface area contributed by atoms with Crippen LogP contribution < -0.4 is 0 Å². The van der Waals surface area contributed by atoms with Crippen molar-refractivity contribution in [3.63, 3.8) is 0 Å². The summed E-state index contributed by atoms with van der Waals surface area (Å²) in [7, 11) is 0. The predicted octanol–water partition coefficient (Wildman–Crippen LogP) is 12.7. The zero-order valence-electron chi connectivity index (χ0n) is 28.2. The second-order valence-electron chi connectivity index (χ2n) is 12.9. The molecule has 0 saturated carbocycles. The van der Waals surface area contributed by atoms with E-state index in [0.29, 0.717) is 5.89 Å². The smallest absolute Gasteiger partial charge is 0.227 e. The van der Waals surface area contributed by atoms with E-state index in [2.05, 4.69) is 176 Å². The van der Waals surface area contributed by atoms with Crippen molar-refractivity contribution in [2.75, 3.05) is 0 Å². The van der Waals surface area contributed by atoms with Gasteiger partial charge >= 0.3 is 0 Å². The molecule has 7 aromatic carbocycles. The second kappa shape index (κ2) is 12.4. The summed E-state index contributed by atoms with van der Waals surface area (Å²) >= 11 is 0.